The van der Waals surface area contributed by atoms with E-state index in [1.165, 1.54) is 0 Å². The molecule has 5 nitrogen and oxygen atoms in total. The summed E-state index contributed by atoms with van der Waals surface area (Å²) in [6.45, 7) is 3.81. The maximum absolute atomic E-state index is 12.3. The van der Waals surface area contributed by atoms with Crippen molar-refractivity contribution in [2.24, 2.45) is 5.92 Å². The topological polar surface area (TPSA) is 59.8 Å². The molecule has 0 spiro atoms. The quantitative estimate of drug-likeness (QED) is 0.789. The van der Waals surface area contributed by atoms with Gasteiger partial charge in [0.05, 0.1) is 0 Å². The standard InChI is InChI=1S/C20H25NO4/c1-13-8-10-15(11-9-13)21(3)18(22)12-24-20(23)19-14(2)16-6-4-5-7-17(16)25-19/h4-7,13,15H,8-12H2,1-3H3. The van der Waals surface area contributed by atoms with Gasteiger partial charge in [-0.3, -0.25) is 4.79 Å². The number of hydrogen-bond donors (Lipinski definition) is 0. The molecule has 0 aliphatic heterocycles. The van der Waals surface area contributed by atoms with E-state index in [0.29, 0.717) is 5.58 Å². The molecule has 1 amide bonds. The molecule has 5 heteroatoms. The predicted molar refractivity (Wildman–Crippen MR) is 95.4 cm³/mol. The first-order valence-electron chi connectivity index (χ1n) is 8.88. The molecule has 0 radical (unpaired) electrons. The van der Waals surface area contributed by atoms with Crippen molar-refractivity contribution in [3.8, 4) is 0 Å². The van der Waals surface area contributed by atoms with Crippen LogP contribution in [0.2, 0.25) is 0 Å². The second kappa shape index (κ2) is 7.30. The third-order valence-electron chi connectivity index (χ3n) is 5.28. The number of esters is 1. The average molecular weight is 343 g/mol. The van der Waals surface area contributed by atoms with Gasteiger partial charge >= 0.3 is 5.97 Å². The molecule has 1 aliphatic rings. The van der Waals surface area contributed by atoms with E-state index in [9.17, 15) is 9.59 Å². The highest BCUT2D eigenvalue weighted by atomic mass is 16.5. The number of benzene rings is 1. The lowest BCUT2D eigenvalue weighted by Gasteiger charge is -2.33. The monoisotopic (exact) mass is 343 g/mol. The van der Waals surface area contributed by atoms with Crippen LogP contribution in [0.3, 0.4) is 0 Å². The highest BCUT2D eigenvalue weighted by Gasteiger charge is 2.26. The summed E-state index contributed by atoms with van der Waals surface area (Å²) in [6, 6.07) is 7.69. The van der Waals surface area contributed by atoms with E-state index in [0.717, 1.165) is 42.6 Å². The van der Waals surface area contributed by atoms with Crippen molar-refractivity contribution < 1.29 is 18.7 Å². The van der Waals surface area contributed by atoms with Crippen LogP contribution in [0.15, 0.2) is 28.7 Å². The first-order valence-corrected chi connectivity index (χ1v) is 8.88. The van der Waals surface area contributed by atoms with E-state index < -0.39 is 5.97 Å². The molecule has 1 aromatic carbocycles. The average Bonchev–Trinajstić information content (AvgIpc) is 2.96. The van der Waals surface area contributed by atoms with E-state index in [4.69, 9.17) is 9.15 Å². The van der Waals surface area contributed by atoms with Crippen molar-refractivity contribution in [2.45, 2.75) is 45.6 Å². The van der Waals surface area contributed by atoms with Gasteiger partial charge in [0.2, 0.25) is 5.76 Å². The van der Waals surface area contributed by atoms with Gasteiger partial charge in [0.15, 0.2) is 6.61 Å². The molecule has 0 unspecified atom stereocenters. The molecule has 1 saturated carbocycles. The Bertz CT molecular complexity index is 771. The van der Waals surface area contributed by atoms with E-state index >= 15 is 0 Å². The molecule has 1 aliphatic carbocycles. The SMILES string of the molecule is Cc1c(C(=O)OCC(=O)N(C)C2CCC(C)CC2)oc2ccccc12. The van der Waals surface area contributed by atoms with E-state index in [-0.39, 0.29) is 24.3 Å². The number of likely N-dealkylation sites (N-methyl/N-ethyl adjacent to an activating group) is 1. The highest BCUT2D eigenvalue weighted by molar-refractivity contribution is 5.96. The minimum absolute atomic E-state index is 0.165. The van der Waals surface area contributed by atoms with Crippen molar-refractivity contribution in [1.82, 2.24) is 4.90 Å². The minimum atomic E-state index is -0.590. The molecule has 1 fully saturated rings. The Balaban J connectivity index is 1.59. The van der Waals surface area contributed by atoms with Crippen LogP contribution in [0.5, 0.6) is 0 Å². The number of amides is 1. The molecule has 3 rings (SSSR count). The van der Waals surface area contributed by atoms with Gasteiger partial charge in [-0.25, -0.2) is 4.79 Å². The van der Waals surface area contributed by atoms with Crippen molar-refractivity contribution in [1.29, 1.82) is 0 Å². The van der Waals surface area contributed by atoms with E-state index in [2.05, 4.69) is 6.92 Å². The highest BCUT2D eigenvalue weighted by Crippen LogP contribution is 2.27. The van der Waals surface area contributed by atoms with Gasteiger partial charge in [-0.1, -0.05) is 25.1 Å². The Hall–Kier alpha value is -2.30. The molecule has 0 saturated heterocycles. The van der Waals surface area contributed by atoms with Gasteiger partial charge < -0.3 is 14.1 Å². The number of fused-ring (bicyclic) bond motifs is 1. The summed E-state index contributed by atoms with van der Waals surface area (Å²) in [5.74, 6) is 0.145. The first-order chi connectivity index (χ1) is 12.0. The van der Waals surface area contributed by atoms with Crippen LogP contribution in [-0.2, 0) is 9.53 Å². The molecule has 2 aromatic rings. The maximum Gasteiger partial charge on any atom is 0.375 e. The lowest BCUT2D eigenvalue weighted by molar-refractivity contribution is -0.136. The summed E-state index contributed by atoms with van der Waals surface area (Å²) in [5, 5.41) is 0.884. The molecule has 1 heterocycles. The number of furan rings is 1. The van der Waals surface area contributed by atoms with E-state index in [1.807, 2.05) is 31.2 Å². The number of rotatable bonds is 4. The Morgan fingerprint density at radius 3 is 2.56 bits per heavy atom. The minimum Gasteiger partial charge on any atom is -0.450 e. The lowest BCUT2D eigenvalue weighted by Crippen LogP contribution is -2.41. The predicted octanol–water partition coefficient (Wildman–Crippen LogP) is 3.94. The van der Waals surface area contributed by atoms with Crippen molar-refractivity contribution >= 4 is 22.8 Å². The van der Waals surface area contributed by atoms with Crippen molar-refractivity contribution in [3.05, 3.63) is 35.6 Å². The van der Waals surface area contributed by atoms with Gasteiger partial charge in [0.1, 0.15) is 5.58 Å². The van der Waals surface area contributed by atoms with Gasteiger partial charge in [0, 0.05) is 24.0 Å². The van der Waals surface area contributed by atoms with Crippen molar-refractivity contribution in [2.75, 3.05) is 13.7 Å². The summed E-state index contributed by atoms with van der Waals surface area (Å²) in [4.78, 5) is 26.4. The second-order valence-corrected chi connectivity index (χ2v) is 7.05. The fraction of sp³-hybridized carbons (Fsp3) is 0.500. The van der Waals surface area contributed by atoms with Gasteiger partial charge in [-0.05, 0) is 44.6 Å². The van der Waals surface area contributed by atoms with Crippen LogP contribution in [0.25, 0.3) is 11.0 Å². The summed E-state index contributed by atoms with van der Waals surface area (Å²) >= 11 is 0. The Kier molecular flexibility index (Phi) is 5.11. The normalized spacial score (nSPS) is 20.4. The molecular weight excluding hydrogens is 318 g/mol. The molecule has 134 valence electrons. The molecule has 1 aromatic heterocycles. The molecular formula is C20H25NO4. The van der Waals surface area contributed by atoms with Gasteiger partial charge in [0.25, 0.3) is 5.91 Å². The zero-order valence-corrected chi connectivity index (χ0v) is 15.1. The van der Waals surface area contributed by atoms with Crippen LogP contribution < -0.4 is 0 Å². The fourth-order valence-corrected chi connectivity index (χ4v) is 3.50. The van der Waals surface area contributed by atoms with Crippen LogP contribution >= 0.6 is 0 Å². The Morgan fingerprint density at radius 2 is 1.88 bits per heavy atom. The van der Waals surface area contributed by atoms with E-state index in [1.54, 1.807) is 11.9 Å². The van der Waals surface area contributed by atoms with Crippen LogP contribution in [0, 0.1) is 12.8 Å². The molecule has 25 heavy (non-hydrogen) atoms. The van der Waals surface area contributed by atoms with Gasteiger partial charge in [-0.2, -0.15) is 0 Å². The molecule has 0 N–H and O–H groups in total. The summed E-state index contributed by atoms with van der Waals surface area (Å²) in [7, 11) is 1.79. The number of hydrogen-bond acceptors (Lipinski definition) is 4. The summed E-state index contributed by atoms with van der Waals surface area (Å²) in [5.41, 5.74) is 1.38. The van der Waals surface area contributed by atoms with Crippen LogP contribution in [0.1, 0.15) is 48.7 Å². The number of carbonyl (C=O) groups is 2. The van der Waals surface area contributed by atoms with Crippen LogP contribution in [0.4, 0.5) is 0 Å². The summed E-state index contributed by atoms with van der Waals surface area (Å²) in [6.07, 6.45) is 4.31. The molecule has 0 bridgehead atoms. The largest absolute Gasteiger partial charge is 0.450 e. The summed E-state index contributed by atoms with van der Waals surface area (Å²) < 4.78 is 10.8. The third-order valence-corrected chi connectivity index (χ3v) is 5.28. The number of carbonyl (C=O) groups excluding carboxylic acids is 2. The second-order valence-electron chi connectivity index (χ2n) is 7.05. The van der Waals surface area contributed by atoms with Crippen molar-refractivity contribution in [3.63, 3.8) is 0 Å². The Morgan fingerprint density at radius 1 is 1.20 bits per heavy atom. The first kappa shape index (κ1) is 17.5. The zero-order chi connectivity index (χ0) is 18.0. The molecule has 0 atom stereocenters. The maximum atomic E-state index is 12.3. The Labute approximate surface area is 147 Å². The van der Waals surface area contributed by atoms with Crippen LogP contribution in [-0.4, -0.2) is 36.5 Å². The fourth-order valence-electron chi connectivity index (χ4n) is 3.50. The number of ether oxygens (including phenoxy) is 1. The zero-order valence-electron chi connectivity index (χ0n) is 15.1. The number of nitrogens with zero attached hydrogens (tertiary/aromatic N) is 1. The number of aryl methyl sites for hydroxylation is 1. The smallest absolute Gasteiger partial charge is 0.375 e. The number of para-hydroxylation sites is 1. The third kappa shape index (κ3) is 3.70. The van der Waals surface area contributed by atoms with Gasteiger partial charge in [-0.15, -0.1) is 0 Å². The lowest BCUT2D eigenvalue weighted by atomic mass is 9.87.